The van der Waals surface area contributed by atoms with Gasteiger partial charge >= 0.3 is 0 Å². The second-order valence-corrected chi connectivity index (χ2v) is 5.20. The standard InChI is InChI=1S/C15H24N2O/c1-4-14(17-7-5-16-6-8-17)15-11(2)9-13(18)10-12(15)3/h9-10,14,16,18H,4-8H2,1-3H3/t14-/m0/s1. The number of benzene rings is 1. The van der Waals surface area contributed by atoms with Gasteiger partial charge in [-0.15, -0.1) is 0 Å². The van der Waals surface area contributed by atoms with Crippen molar-refractivity contribution in [3.63, 3.8) is 0 Å². The van der Waals surface area contributed by atoms with E-state index in [9.17, 15) is 5.11 Å². The molecule has 18 heavy (non-hydrogen) atoms. The van der Waals surface area contributed by atoms with Crippen molar-refractivity contribution in [1.82, 2.24) is 10.2 Å². The summed E-state index contributed by atoms with van der Waals surface area (Å²) < 4.78 is 0. The highest BCUT2D eigenvalue weighted by molar-refractivity contribution is 5.42. The Kier molecular flexibility index (Phi) is 4.25. The largest absolute Gasteiger partial charge is 0.508 e. The average Bonchev–Trinajstić information content (AvgIpc) is 2.34. The first kappa shape index (κ1) is 13.4. The van der Waals surface area contributed by atoms with Gasteiger partial charge in [-0.2, -0.15) is 0 Å². The third kappa shape index (κ3) is 2.68. The molecule has 2 rings (SSSR count). The van der Waals surface area contributed by atoms with Crippen LogP contribution in [0.4, 0.5) is 0 Å². The van der Waals surface area contributed by atoms with Crippen LogP contribution in [0.25, 0.3) is 0 Å². The third-order valence-corrected chi connectivity index (χ3v) is 3.89. The fourth-order valence-corrected chi connectivity index (χ4v) is 3.12. The van der Waals surface area contributed by atoms with Crippen LogP contribution in [0.3, 0.4) is 0 Å². The van der Waals surface area contributed by atoms with E-state index in [4.69, 9.17) is 0 Å². The Labute approximate surface area is 110 Å². The number of phenolic OH excluding ortho intramolecular Hbond substituents is 1. The molecule has 1 atom stereocenters. The summed E-state index contributed by atoms with van der Waals surface area (Å²) in [5.74, 6) is 0.379. The molecule has 0 saturated carbocycles. The smallest absolute Gasteiger partial charge is 0.116 e. The van der Waals surface area contributed by atoms with Gasteiger partial charge in [-0.3, -0.25) is 4.90 Å². The van der Waals surface area contributed by atoms with Gasteiger partial charge in [0.15, 0.2) is 0 Å². The second kappa shape index (κ2) is 5.72. The molecule has 0 spiro atoms. The highest BCUT2D eigenvalue weighted by atomic mass is 16.3. The average molecular weight is 248 g/mol. The molecule has 0 aromatic heterocycles. The van der Waals surface area contributed by atoms with Crippen molar-refractivity contribution >= 4 is 0 Å². The fraction of sp³-hybridized carbons (Fsp3) is 0.600. The molecule has 1 saturated heterocycles. The van der Waals surface area contributed by atoms with Crippen molar-refractivity contribution < 1.29 is 5.11 Å². The van der Waals surface area contributed by atoms with E-state index in [1.807, 2.05) is 12.1 Å². The molecule has 0 amide bonds. The molecule has 0 bridgehead atoms. The van der Waals surface area contributed by atoms with Gasteiger partial charge in [-0.1, -0.05) is 6.92 Å². The van der Waals surface area contributed by atoms with Crippen LogP contribution in [0.15, 0.2) is 12.1 Å². The number of nitrogens with zero attached hydrogens (tertiary/aromatic N) is 1. The number of nitrogens with one attached hydrogen (secondary N) is 1. The lowest BCUT2D eigenvalue weighted by Gasteiger charge is -2.36. The van der Waals surface area contributed by atoms with Crippen molar-refractivity contribution in [3.05, 3.63) is 28.8 Å². The van der Waals surface area contributed by atoms with Gasteiger partial charge in [0.1, 0.15) is 5.75 Å². The van der Waals surface area contributed by atoms with Gasteiger partial charge in [0, 0.05) is 32.2 Å². The van der Waals surface area contributed by atoms with Gasteiger partial charge in [0.2, 0.25) is 0 Å². The first-order valence-corrected chi connectivity index (χ1v) is 6.88. The van der Waals surface area contributed by atoms with E-state index < -0.39 is 0 Å². The summed E-state index contributed by atoms with van der Waals surface area (Å²) in [6.45, 7) is 10.8. The molecule has 1 aromatic carbocycles. The van der Waals surface area contributed by atoms with E-state index in [-0.39, 0.29) is 0 Å². The molecule has 1 heterocycles. The van der Waals surface area contributed by atoms with Gasteiger partial charge in [-0.25, -0.2) is 0 Å². The first-order valence-electron chi connectivity index (χ1n) is 6.88. The Morgan fingerprint density at radius 2 is 1.78 bits per heavy atom. The van der Waals surface area contributed by atoms with Crippen LogP contribution in [0.5, 0.6) is 5.75 Å². The zero-order valence-corrected chi connectivity index (χ0v) is 11.7. The van der Waals surface area contributed by atoms with Crippen molar-refractivity contribution in [2.45, 2.75) is 33.2 Å². The predicted octanol–water partition coefficient (Wildman–Crippen LogP) is 2.37. The Morgan fingerprint density at radius 1 is 1.22 bits per heavy atom. The van der Waals surface area contributed by atoms with Crippen LogP contribution in [-0.2, 0) is 0 Å². The lowest BCUT2D eigenvalue weighted by Crippen LogP contribution is -2.45. The number of hydrogen-bond acceptors (Lipinski definition) is 3. The third-order valence-electron chi connectivity index (χ3n) is 3.89. The van der Waals surface area contributed by atoms with Crippen LogP contribution < -0.4 is 5.32 Å². The minimum absolute atomic E-state index is 0.379. The Morgan fingerprint density at radius 3 is 2.28 bits per heavy atom. The number of aromatic hydroxyl groups is 1. The van der Waals surface area contributed by atoms with E-state index in [1.165, 1.54) is 16.7 Å². The highest BCUT2D eigenvalue weighted by Gasteiger charge is 2.23. The molecule has 0 unspecified atom stereocenters. The van der Waals surface area contributed by atoms with Crippen LogP contribution in [0.1, 0.15) is 36.1 Å². The lowest BCUT2D eigenvalue weighted by molar-refractivity contribution is 0.168. The minimum Gasteiger partial charge on any atom is -0.508 e. The first-order chi connectivity index (χ1) is 8.63. The molecule has 1 fully saturated rings. The Bertz CT molecular complexity index is 388. The normalized spacial score (nSPS) is 18.8. The van der Waals surface area contributed by atoms with E-state index >= 15 is 0 Å². The van der Waals surface area contributed by atoms with Gasteiger partial charge in [-0.05, 0) is 49.1 Å². The van der Waals surface area contributed by atoms with Gasteiger partial charge in [0.25, 0.3) is 0 Å². The molecule has 1 aliphatic heterocycles. The Hall–Kier alpha value is -1.06. The molecule has 3 heteroatoms. The molecule has 100 valence electrons. The number of piperazine rings is 1. The molecule has 0 aliphatic carbocycles. The molecule has 1 aromatic rings. The molecular weight excluding hydrogens is 224 g/mol. The zero-order chi connectivity index (χ0) is 13.1. The van der Waals surface area contributed by atoms with Gasteiger partial charge in [0.05, 0.1) is 0 Å². The number of aryl methyl sites for hydroxylation is 2. The van der Waals surface area contributed by atoms with Crippen molar-refractivity contribution in [1.29, 1.82) is 0 Å². The summed E-state index contributed by atoms with van der Waals surface area (Å²) in [5.41, 5.74) is 3.81. The van der Waals surface area contributed by atoms with Crippen molar-refractivity contribution in [2.75, 3.05) is 26.2 Å². The Balaban J connectivity index is 2.32. The maximum absolute atomic E-state index is 9.66. The number of phenols is 1. The highest BCUT2D eigenvalue weighted by Crippen LogP contribution is 2.32. The summed E-state index contributed by atoms with van der Waals surface area (Å²) in [4.78, 5) is 2.56. The van der Waals surface area contributed by atoms with Crippen LogP contribution in [0.2, 0.25) is 0 Å². The maximum Gasteiger partial charge on any atom is 0.116 e. The molecule has 0 radical (unpaired) electrons. The van der Waals surface area contributed by atoms with Gasteiger partial charge < -0.3 is 10.4 Å². The summed E-state index contributed by atoms with van der Waals surface area (Å²) >= 11 is 0. The van der Waals surface area contributed by atoms with Crippen LogP contribution >= 0.6 is 0 Å². The topological polar surface area (TPSA) is 35.5 Å². The lowest BCUT2D eigenvalue weighted by atomic mass is 9.92. The monoisotopic (exact) mass is 248 g/mol. The number of hydrogen-bond donors (Lipinski definition) is 2. The quantitative estimate of drug-likeness (QED) is 0.862. The van der Waals surface area contributed by atoms with E-state index in [0.29, 0.717) is 11.8 Å². The summed E-state index contributed by atoms with van der Waals surface area (Å²) in [6.07, 6.45) is 1.12. The predicted molar refractivity (Wildman–Crippen MR) is 75.1 cm³/mol. The summed E-state index contributed by atoms with van der Waals surface area (Å²) in [5, 5.41) is 13.1. The molecular formula is C15H24N2O. The molecule has 2 N–H and O–H groups in total. The zero-order valence-electron chi connectivity index (χ0n) is 11.7. The van der Waals surface area contributed by atoms with E-state index in [2.05, 4.69) is 31.0 Å². The summed E-state index contributed by atoms with van der Waals surface area (Å²) in [6, 6.07) is 4.24. The fourth-order valence-electron chi connectivity index (χ4n) is 3.12. The van der Waals surface area contributed by atoms with E-state index in [0.717, 1.165) is 32.6 Å². The van der Waals surface area contributed by atoms with Crippen LogP contribution in [0, 0.1) is 13.8 Å². The molecule has 1 aliphatic rings. The van der Waals surface area contributed by atoms with Crippen molar-refractivity contribution in [2.24, 2.45) is 0 Å². The number of rotatable bonds is 3. The minimum atomic E-state index is 0.379. The SMILES string of the molecule is CC[C@@H](c1c(C)cc(O)cc1C)N1CCNCC1. The maximum atomic E-state index is 9.66. The van der Waals surface area contributed by atoms with E-state index in [1.54, 1.807) is 0 Å². The van der Waals surface area contributed by atoms with Crippen molar-refractivity contribution in [3.8, 4) is 5.75 Å². The summed E-state index contributed by atoms with van der Waals surface area (Å²) in [7, 11) is 0. The molecule has 3 nitrogen and oxygen atoms in total. The second-order valence-electron chi connectivity index (χ2n) is 5.20. The van der Waals surface area contributed by atoms with Crippen LogP contribution in [-0.4, -0.2) is 36.2 Å².